The van der Waals surface area contributed by atoms with Crippen LogP contribution in [0.5, 0.6) is 0 Å². The maximum absolute atomic E-state index is 12.2. The molecule has 2 amide bonds. The molecule has 1 aromatic heterocycles. The van der Waals surface area contributed by atoms with E-state index in [0.29, 0.717) is 38.4 Å². The van der Waals surface area contributed by atoms with Crippen molar-refractivity contribution < 1.29 is 9.59 Å². The standard InChI is InChI=1S/C18H21N5O2/c1-14(24)22-7-9-23(10-8-22)17-13-19-16(12-20-17)18(25)21-11-15-5-3-2-4-6-15/h2-6,12-13H,7-11H2,1H3,(H,21,25). The smallest absolute Gasteiger partial charge is 0.271 e. The molecule has 0 bridgehead atoms. The van der Waals surface area contributed by atoms with Crippen molar-refractivity contribution in [3.05, 3.63) is 54.0 Å². The van der Waals surface area contributed by atoms with Crippen molar-refractivity contribution in [2.75, 3.05) is 31.1 Å². The summed E-state index contributed by atoms with van der Waals surface area (Å²) in [5.74, 6) is 0.572. The highest BCUT2D eigenvalue weighted by Gasteiger charge is 2.20. The van der Waals surface area contributed by atoms with Crippen molar-refractivity contribution in [1.29, 1.82) is 0 Å². The fraction of sp³-hybridized carbons (Fsp3) is 0.333. The van der Waals surface area contributed by atoms with Gasteiger partial charge in [0, 0.05) is 39.6 Å². The normalized spacial score (nSPS) is 14.3. The number of hydrogen-bond acceptors (Lipinski definition) is 5. The summed E-state index contributed by atoms with van der Waals surface area (Å²) in [6, 6.07) is 9.71. The van der Waals surface area contributed by atoms with E-state index < -0.39 is 0 Å². The third-order valence-corrected chi connectivity index (χ3v) is 4.22. The van der Waals surface area contributed by atoms with E-state index >= 15 is 0 Å². The van der Waals surface area contributed by atoms with Crippen LogP contribution >= 0.6 is 0 Å². The zero-order valence-electron chi connectivity index (χ0n) is 14.2. The fourth-order valence-electron chi connectivity index (χ4n) is 2.72. The number of piperazine rings is 1. The number of amides is 2. The van der Waals surface area contributed by atoms with Crippen LogP contribution in [0.25, 0.3) is 0 Å². The molecule has 0 spiro atoms. The highest BCUT2D eigenvalue weighted by molar-refractivity contribution is 5.91. The SMILES string of the molecule is CC(=O)N1CCN(c2cnc(C(=O)NCc3ccccc3)cn2)CC1. The Hall–Kier alpha value is -2.96. The van der Waals surface area contributed by atoms with Crippen molar-refractivity contribution >= 4 is 17.6 Å². The number of anilines is 1. The molecule has 3 rings (SSSR count). The molecular weight excluding hydrogens is 318 g/mol. The van der Waals surface area contributed by atoms with Crippen molar-refractivity contribution in [2.45, 2.75) is 13.5 Å². The summed E-state index contributed by atoms with van der Waals surface area (Å²) in [4.78, 5) is 36.0. The summed E-state index contributed by atoms with van der Waals surface area (Å²) in [6.45, 7) is 4.82. The summed E-state index contributed by atoms with van der Waals surface area (Å²) in [7, 11) is 0. The van der Waals surface area contributed by atoms with Gasteiger partial charge in [0.2, 0.25) is 5.91 Å². The Morgan fingerprint density at radius 3 is 2.36 bits per heavy atom. The Bertz CT molecular complexity index is 725. The van der Waals surface area contributed by atoms with Crippen LogP contribution in [-0.4, -0.2) is 52.9 Å². The summed E-state index contributed by atoms with van der Waals surface area (Å²) in [6.07, 6.45) is 3.11. The molecule has 1 aromatic carbocycles. The molecular formula is C18H21N5O2. The lowest BCUT2D eigenvalue weighted by atomic mass is 10.2. The second kappa shape index (κ2) is 7.74. The van der Waals surface area contributed by atoms with E-state index in [1.54, 1.807) is 13.1 Å². The van der Waals surface area contributed by atoms with Gasteiger partial charge in [0.05, 0.1) is 12.4 Å². The van der Waals surface area contributed by atoms with Crippen LogP contribution in [0.1, 0.15) is 23.0 Å². The molecule has 0 saturated carbocycles. The maximum Gasteiger partial charge on any atom is 0.271 e. The van der Waals surface area contributed by atoms with Crippen molar-refractivity contribution in [1.82, 2.24) is 20.2 Å². The summed E-state index contributed by atoms with van der Waals surface area (Å²) < 4.78 is 0. The molecule has 25 heavy (non-hydrogen) atoms. The molecule has 1 saturated heterocycles. The molecule has 0 aliphatic carbocycles. The second-order valence-corrected chi connectivity index (χ2v) is 5.92. The van der Waals surface area contributed by atoms with E-state index in [2.05, 4.69) is 20.2 Å². The molecule has 0 unspecified atom stereocenters. The minimum atomic E-state index is -0.246. The van der Waals surface area contributed by atoms with E-state index in [0.717, 1.165) is 11.4 Å². The average molecular weight is 339 g/mol. The number of carbonyl (C=O) groups excluding carboxylic acids is 2. The third-order valence-electron chi connectivity index (χ3n) is 4.22. The van der Waals surface area contributed by atoms with Gasteiger partial charge in [-0.15, -0.1) is 0 Å². The van der Waals surface area contributed by atoms with Crippen LogP contribution in [0.4, 0.5) is 5.82 Å². The van der Waals surface area contributed by atoms with Gasteiger partial charge < -0.3 is 15.1 Å². The Morgan fingerprint density at radius 2 is 1.76 bits per heavy atom. The van der Waals surface area contributed by atoms with E-state index in [-0.39, 0.29) is 11.8 Å². The van der Waals surface area contributed by atoms with Gasteiger partial charge in [-0.1, -0.05) is 30.3 Å². The van der Waals surface area contributed by atoms with Gasteiger partial charge >= 0.3 is 0 Å². The molecule has 1 aliphatic heterocycles. The molecule has 2 heterocycles. The van der Waals surface area contributed by atoms with Crippen LogP contribution < -0.4 is 10.2 Å². The number of nitrogens with zero attached hydrogens (tertiary/aromatic N) is 4. The number of hydrogen-bond donors (Lipinski definition) is 1. The van der Waals surface area contributed by atoms with Crippen molar-refractivity contribution in [3.63, 3.8) is 0 Å². The fourth-order valence-corrected chi connectivity index (χ4v) is 2.72. The van der Waals surface area contributed by atoms with Gasteiger partial charge in [0.1, 0.15) is 11.5 Å². The lowest BCUT2D eigenvalue weighted by molar-refractivity contribution is -0.129. The summed E-state index contributed by atoms with van der Waals surface area (Å²) in [5.41, 5.74) is 1.32. The van der Waals surface area contributed by atoms with Crippen LogP contribution in [0.15, 0.2) is 42.7 Å². The Balaban J connectivity index is 1.55. The first-order chi connectivity index (χ1) is 12.1. The minimum absolute atomic E-state index is 0.0937. The van der Waals surface area contributed by atoms with Crippen molar-refractivity contribution in [3.8, 4) is 0 Å². The first-order valence-electron chi connectivity index (χ1n) is 8.28. The largest absolute Gasteiger partial charge is 0.352 e. The monoisotopic (exact) mass is 339 g/mol. The predicted octanol–water partition coefficient (Wildman–Crippen LogP) is 1.08. The number of aromatic nitrogens is 2. The van der Waals surface area contributed by atoms with Gasteiger partial charge in [-0.05, 0) is 5.56 Å². The van der Waals surface area contributed by atoms with Crippen LogP contribution in [0.2, 0.25) is 0 Å². The van der Waals surface area contributed by atoms with Gasteiger partial charge in [-0.3, -0.25) is 9.59 Å². The van der Waals surface area contributed by atoms with E-state index in [1.165, 1.54) is 6.20 Å². The molecule has 1 aliphatic rings. The molecule has 7 nitrogen and oxygen atoms in total. The number of nitrogens with one attached hydrogen (secondary N) is 1. The van der Waals surface area contributed by atoms with Crippen LogP contribution in [0.3, 0.4) is 0 Å². The first-order valence-corrected chi connectivity index (χ1v) is 8.28. The van der Waals surface area contributed by atoms with Crippen LogP contribution in [-0.2, 0) is 11.3 Å². The quantitative estimate of drug-likeness (QED) is 0.902. The molecule has 0 radical (unpaired) electrons. The number of rotatable bonds is 4. The van der Waals surface area contributed by atoms with E-state index in [1.807, 2.05) is 35.2 Å². The van der Waals surface area contributed by atoms with Gasteiger partial charge in [0.15, 0.2) is 0 Å². The average Bonchev–Trinajstić information content (AvgIpc) is 2.67. The lowest BCUT2D eigenvalue weighted by Gasteiger charge is -2.34. The van der Waals surface area contributed by atoms with Crippen molar-refractivity contribution in [2.24, 2.45) is 0 Å². The zero-order chi connectivity index (χ0) is 17.6. The molecule has 130 valence electrons. The Labute approximate surface area is 146 Å². The predicted molar refractivity (Wildman–Crippen MR) is 94.1 cm³/mol. The number of carbonyl (C=O) groups is 2. The first kappa shape index (κ1) is 16.9. The highest BCUT2D eigenvalue weighted by Crippen LogP contribution is 2.12. The summed E-state index contributed by atoms with van der Waals surface area (Å²) in [5, 5.41) is 2.83. The van der Waals surface area contributed by atoms with Crippen LogP contribution in [0, 0.1) is 0 Å². The minimum Gasteiger partial charge on any atom is -0.352 e. The van der Waals surface area contributed by atoms with Gasteiger partial charge in [-0.2, -0.15) is 0 Å². The second-order valence-electron chi connectivity index (χ2n) is 5.92. The Kier molecular flexibility index (Phi) is 5.23. The Morgan fingerprint density at radius 1 is 1.04 bits per heavy atom. The topological polar surface area (TPSA) is 78.4 Å². The molecule has 2 aromatic rings. The van der Waals surface area contributed by atoms with Gasteiger partial charge in [0.25, 0.3) is 5.91 Å². The highest BCUT2D eigenvalue weighted by atomic mass is 16.2. The molecule has 7 heteroatoms. The third kappa shape index (κ3) is 4.32. The molecule has 1 fully saturated rings. The summed E-state index contributed by atoms with van der Waals surface area (Å²) >= 11 is 0. The van der Waals surface area contributed by atoms with E-state index in [9.17, 15) is 9.59 Å². The van der Waals surface area contributed by atoms with Gasteiger partial charge in [-0.25, -0.2) is 9.97 Å². The van der Waals surface area contributed by atoms with E-state index in [4.69, 9.17) is 0 Å². The number of benzene rings is 1. The molecule has 1 N–H and O–H groups in total. The molecule has 0 atom stereocenters. The maximum atomic E-state index is 12.2. The lowest BCUT2D eigenvalue weighted by Crippen LogP contribution is -2.48. The zero-order valence-corrected chi connectivity index (χ0v) is 14.2.